The quantitative estimate of drug-likeness (QED) is 0.0636. The van der Waals surface area contributed by atoms with E-state index in [0.29, 0.717) is 35.5 Å². The third kappa shape index (κ3) is 12.0. The molecule has 4 aromatic rings. The molecular formula is C48H48F2O9S2. The number of esters is 2. The summed E-state index contributed by atoms with van der Waals surface area (Å²) in [6, 6.07) is 23.9. The number of hydrogen-bond donors (Lipinski definition) is 0. The van der Waals surface area contributed by atoms with Gasteiger partial charge in [-0.2, -0.15) is 0 Å². The molecule has 2 aliphatic rings. The van der Waals surface area contributed by atoms with E-state index in [9.17, 15) is 26.8 Å². The predicted molar refractivity (Wildman–Crippen MR) is 235 cm³/mol. The van der Waals surface area contributed by atoms with Crippen LogP contribution in [0.1, 0.15) is 60.1 Å². The second-order valence-electron chi connectivity index (χ2n) is 14.4. The van der Waals surface area contributed by atoms with Gasteiger partial charge in [-0.15, -0.1) is 0 Å². The molecule has 2 aliphatic carbocycles. The van der Waals surface area contributed by atoms with Crippen molar-refractivity contribution in [3.8, 4) is 0 Å². The van der Waals surface area contributed by atoms with Crippen molar-refractivity contribution in [2.45, 2.75) is 36.5 Å². The van der Waals surface area contributed by atoms with Gasteiger partial charge in [-0.25, -0.2) is 8.78 Å². The Morgan fingerprint density at radius 2 is 0.852 bits per heavy atom. The normalized spacial score (nSPS) is 15.6. The zero-order valence-electron chi connectivity index (χ0n) is 34.6. The minimum absolute atomic E-state index is 0.0243. The number of halogens is 2. The van der Waals surface area contributed by atoms with Gasteiger partial charge in [0.25, 0.3) is 0 Å². The summed E-state index contributed by atoms with van der Waals surface area (Å²) in [6.45, 7) is 5.42. The van der Waals surface area contributed by atoms with E-state index in [1.165, 1.54) is 24.3 Å². The van der Waals surface area contributed by atoms with E-state index in [-0.39, 0.29) is 52.5 Å². The first-order chi connectivity index (χ1) is 29.4. The van der Waals surface area contributed by atoms with Crippen molar-refractivity contribution < 1.29 is 50.5 Å². The lowest BCUT2D eigenvalue weighted by Gasteiger charge is -2.10. The van der Waals surface area contributed by atoms with Crippen molar-refractivity contribution in [3.05, 3.63) is 141 Å². The Kier molecular flexibility index (Phi) is 16.0. The number of benzene rings is 4. The third-order valence-corrected chi connectivity index (χ3v) is 12.2. The van der Waals surface area contributed by atoms with Crippen LogP contribution in [-0.4, -0.2) is 85.7 Å². The van der Waals surface area contributed by atoms with Crippen molar-refractivity contribution in [1.82, 2.24) is 0 Å². The minimum atomic E-state index is -1.09. The summed E-state index contributed by atoms with van der Waals surface area (Å²) in [5, 5.41) is 0. The van der Waals surface area contributed by atoms with Crippen LogP contribution >= 0.6 is 0 Å². The van der Waals surface area contributed by atoms with E-state index in [4.69, 9.17) is 23.7 Å². The van der Waals surface area contributed by atoms with Crippen LogP contribution in [0.2, 0.25) is 0 Å². The molecule has 2 atom stereocenters. The summed E-state index contributed by atoms with van der Waals surface area (Å²) in [6.07, 6.45) is 7.15. The highest BCUT2D eigenvalue weighted by Crippen LogP contribution is 2.45. The van der Waals surface area contributed by atoms with Crippen molar-refractivity contribution in [2.75, 3.05) is 65.4 Å². The second kappa shape index (κ2) is 21.6. The Morgan fingerprint density at radius 1 is 0.508 bits per heavy atom. The van der Waals surface area contributed by atoms with Gasteiger partial charge in [-0.05, 0) is 141 Å². The molecule has 0 saturated heterocycles. The van der Waals surface area contributed by atoms with Gasteiger partial charge in [0.15, 0.2) is 0 Å². The lowest BCUT2D eigenvalue weighted by Crippen LogP contribution is -2.15. The number of carbonyl (C=O) groups is 2. The van der Waals surface area contributed by atoms with E-state index >= 15 is 0 Å². The molecule has 0 spiro atoms. The largest absolute Gasteiger partial charge is 0.463 e. The smallest absolute Gasteiger partial charge is 0.310 e. The lowest BCUT2D eigenvalue weighted by molar-refractivity contribution is -0.144. The summed E-state index contributed by atoms with van der Waals surface area (Å²) >= 11 is 0. The van der Waals surface area contributed by atoms with Crippen LogP contribution in [0.5, 0.6) is 0 Å². The van der Waals surface area contributed by atoms with E-state index in [0.717, 1.165) is 54.3 Å². The van der Waals surface area contributed by atoms with Gasteiger partial charge >= 0.3 is 11.9 Å². The second-order valence-corrected chi connectivity index (χ2v) is 17.1. The van der Waals surface area contributed by atoms with E-state index in [1.807, 2.05) is 74.5 Å². The number of allylic oxidation sites excluding steroid dienone is 4. The van der Waals surface area contributed by atoms with E-state index in [2.05, 4.69) is 0 Å². The van der Waals surface area contributed by atoms with Crippen molar-refractivity contribution in [1.29, 1.82) is 0 Å². The Morgan fingerprint density at radius 3 is 1.20 bits per heavy atom. The number of ether oxygens (including phenoxy) is 5. The van der Waals surface area contributed by atoms with Gasteiger partial charge in [0, 0.05) is 43.9 Å². The first kappa shape index (κ1) is 45.3. The Hall–Kier alpha value is -5.18. The van der Waals surface area contributed by atoms with E-state index in [1.54, 1.807) is 24.6 Å². The van der Waals surface area contributed by atoms with Crippen molar-refractivity contribution in [3.63, 3.8) is 0 Å². The molecule has 13 heteroatoms. The molecule has 0 radical (unpaired) electrons. The molecular weight excluding hydrogens is 823 g/mol. The van der Waals surface area contributed by atoms with Gasteiger partial charge < -0.3 is 23.7 Å². The van der Waals surface area contributed by atoms with Crippen LogP contribution in [0, 0.1) is 11.6 Å². The number of hydrogen-bond acceptors (Lipinski definition) is 9. The van der Waals surface area contributed by atoms with Gasteiger partial charge in [-0.1, -0.05) is 36.4 Å². The zero-order chi connectivity index (χ0) is 43.5. The predicted octanol–water partition coefficient (Wildman–Crippen LogP) is 8.71. The van der Waals surface area contributed by atoms with Gasteiger partial charge in [0.1, 0.15) is 24.8 Å². The molecule has 0 N–H and O–H groups in total. The Labute approximate surface area is 360 Å². The SMILES string of the molecule is CC1=C(CC(=O)OCCOCCOCCOCCOC(=O)CC2=C(C)/C(=C/c3ccc(S(C)=O)cc3)c3ccc(F)cc32)c2cc(F)ccc2/C1=C\c1ccc(S(C)=O)cc1. The number of rotatable bonds is 20. The fourth-order valence-corrected chi connectivity index (χ4v) is 8.21. The van der Waals surface area contributed by atoms with Gasteiger partial charge in [0.05, 0.1) is 52.5 Å². The van der Waals surface area contributed by atoms with Crippen molar-refractivity contribution >= 4 is 68.0 Å². The van der Waals surface area contributed by atoms with Crippen LogP contribution < -0.4 is 0 Å². The zero-order valence-corrected chi connectivity index (χ0v) is 36.2. The van der Waals surface area contributed by atoms with Gasteiger partial charge in [-0.3, -0.25) is 18.0 Å². The summed E-state index contributed by atoms with van der Waals surface area (Å²) in [5.74, 6) is -1.69. The molecule has 4 aromatic carbocycles. The average molecular weight is 871 g/mol. The molecule has 0 bridgehead atoms. The third-order valence-electron chi connectivity index (χ3n) is 10.3. The highest BCUT2D eigenvalue weighted by Gasteiger charge is 2.28. The van der Waals surface area contributed by atoms with Crippen LogP contribution in [-0.2, 0) is 54.9 Å². The molecule has 9 nitrogen and oxygen atoms in total. The standard InChI is InChI=1S/C48H48F2O9S2/c1-31-41(25-33-5-11-37(12-6-33)60(3)53)39-15-9-35(49)27-45(39)43(31)29-47(51)58-23-21-56-19-17-55-18-20-57-22-24-59-48(52)30-44-32(2)42(40-16-10-36(50)28-46(40)44)26-34-7-13-38(14-8-34)61(4)54/h5-16,25-28H,17-24,29-30H2,1-4H3/b41-25-,42-26-. The maximum absolute atomic E-state index is 14.3. The molecule has 0 heterocycles. The van der Waals surface area contributed by atoms with Crippen LogP contribution in [0.4, 0.5) is 8.78 Å². The highest BCUT2D eigenvalue weighted by molar-refractivity contribution is 7.84. The van der Waals surface area contributed by atoms with Crippen molar-refractivity contribution in [2.24, 2.45) is 0 Å². The Bertz CT molecular complexity index is 2260. The maximum atomic E-state index is 14.3. The molecule has 6 rings (SSSR count). The fraction of sp³-hybridized carbons (Fsp3) is 0.292. The summed E-state index contributed by atoms with van der Waals surface area (Å²) < 4.78 is 79.6. The summed E-state index contributed by atoms with van der Waals surface area (Å²) in [5.41, 5.74) is 9.65. The molecule has 0 saturated carbocycles. The van der Waals surface area contributed by atoms with Gasteiger partial charge in [0.2, 0.25) is 0 Å². The van der Waals surface area contributed by atoms with E-state index < -0.39 is 45.2 Å². The minimum Gasteiger partial charge on any atom is -0.463 e. The summed E-state index contributed by atoms with van der Waals surface area (Å²) in [7, 11) is -2.17. The monoisotopic (exact) mass is 870 g/mol. The Balaban J connectivity index is 0.852. The van der Waals surface area contributed by atoms with Crippen LogP contribution in [0.3, 0.4) is 0 Å². The fourth-order valence-electron chi connectivity index (χ4n) is 7.17. The van der Waals surface area contributed by atoms with Crippen LogP contribution in [0.15, 0.2) is 106 Å². The molecule has 2 unspecified atom stereocenters. The summed E-state index contributed by atoms with van der Waals surface area (Å²) in [4.78, 5) is 27.1. The molecule has 0 amide bonds. The number of fused-ring (bicyclic) bond motifs is 2. The maximum Gasteiger partial charge on any atom is 0.310 e. The van der Waals surface area contributed by atoms with Crippen LogP contribution in [0.25, 0.3) is 34.4 Å². The molecule has 61 heavy (non-hydrogen) atoms. The topological polar surface area (TPSA) is 114 Å². The molecule has 320 valence electrons. The lowest BCUT2D eigenvalue weighted by atomic mass is 10.0. The highest BCUT2D eigenvalue weighted by atomic mass is 32.2. The first-order valence-corrected chi connectivity index (χ1v) is 22.9. The molecule has 0 fully saturated rings. The average Bonchev–Trinajstić information content (AvgIpc) is 3.63. The first-order valence-electron chi connectivity index (χ1n) is 19.7. The molecule has 0 aromatic heterocycles. The molecule has 0 aliphatic heterocycles. The number of carbonyl (C=O) groups excluding carboxylic acids is 2.